The van der Waals surface area contributed by atoms with Gasteiger partial charge in [0.1, 0.15) is 0 Å². The lowest BCUT2D eigenvalue weighted by molar-refractivity contribution is -0.135. The Labute approximate surface area is 86.0 Å². The van der Waals surface area contributed by atoms with Gasteiger partial charge >= 0.3 is 0 Å². The molecular formula is C10H21N3O. The lowest BCUT2D eigenvalue weighted by Gasteiger charge is -2.36. The molecule has 0 saturated carbocycles. The number of likely N-dealkylation sites (tertiary alicyclic amines) is 1. The molecule has 1 saturated heterocycles. The molecule has 1 fully saturated rings. The molecule has 0 aliphatic carbocycles. The van der Waals surface area contributed by atoms with Gasteiger partial charge in [0, 0.05) is 32.6 Å². The topological polar surface area (TPSA) is 49.6 Å². The van der Waals surface area contributed by atoms with Gasteiger partial charge in [-0.25, -0.2) is 0 Å². The zero-order valence-corrected chi connectivity index (χ0v) is 9.36. The third kappa shape index (κ3) is 2.45. The highest BCUT2D eigenvalue weighted by Crippen LogP contribution is 2.22. The van der Waals surface area contributed by atoms with Gasteiger partial charge in [-0.3, -0.25) is 4.79 Å². The summed E-state index contributed by atoms with van der Waals surface area (Å²) in [6.07, 6.45) is 1.87. The van der Waals surface area contributed by atoms with Crippen LogP contribution in [-0.4, -0.2) is 56.0 Å². The molecule has 2 atom stereocenters. The summed E-state index contributed by atoms with van der Waals surface area (Å²) in [7, 11) is 5.71. The number of carbonyl (C=O) groups is 1. The number of piperidine rings is 1. The fourth-order valence-corrected chi connectivity index (χ4v) is 2.03. The highest BCUT2D eigenvalue weighted by molar-refractivity contribution is 5.78. The molecule has 0 radical (unpaired) electrons. The average molecular weight is 199 g/mol. The van der Waals surface area contributed by atoms with E-state index in [2.05, 4.69) is 11.9 Å². The molecule has 82 valence electrons. The van der Waals surface area contributed by atoms with E-state index >= 15 is 0 Å². The first-order chi connectivity index (χ1) is 6.56. The van der Waals surface area contributed by atoms with Crippen molar-refractivity contribution in [3.05, 3.63) is 0 Å². The Morgan fingerprint density at radius 3 is 2.71 bits per heavy atom. The summed E-state index contributed by atoms with van der Waals surface area (Å²) in [5.41, 5.74) is 5.67. The van der Waals surface area contributed by atoms with Crippen LogP contribution < -0.4 is 5.73 Å². The van der Waals surface area contributed by atoms with Crippen LogP contribution in [0.15, 0.2) is 0 Å². The minimum absolute atomic E-state index is 0.176. The molecule has 4 heteroatoms. The van der Waals surface area contributed by atoms with Crippen LogP contribution in [0.5, 0.6) is 0 Å². The summed E-state index contributed by atoms with van der Waals surface area (Å²) in [6.45, 7) is 1.62. The van der Waals surface area contributed by atoms with E-state index in [9.17, 15) is 4.79 Å². The molecule has 0 spiro atoms. The molecule has 0 aromatic rings. The highest BCUT2D eigenvalue weighted by Gasteiger charge is 2.30. The molecule has 0 aromatic heterocycles. The van der Waals surface area contributed by atoms with Crippen LogP contribution in [0.4, 0.5) is 0 Å². The Bertz CT molecular complexity index is 206. The predicted molar refractivity (Wildman–Crippen MR) is 56.9 cm³/mol. The number of nitrogens with zero attached hydrogens (tertiary/aromatic N) is 2. The van der Waals surface area contributed by atoms with Gasteiger partial charge in [0.25, 0.3) is 0 Å². The number of rotatable bonds is 2. The lowest BCUT2D eigenvalue weighted by Crippen LogP contribution is -2.47. The molecule has 1 rings (SSSR count). The monoisotopic (exact) mass is 199 g/mol. The minimum Gasteiger partial charge on any atom is -0.349 e. The van der Waals surface area contributed by atoms with Crippen molar-refractivity contribution >= 4 is 5.91 Å². The van der Waals surface area contributed by atoms with E-state index in [1.54, 1.807) is 4.90 Å². The minimum atomic E-state index is 0.176. The molecule has 4 nitrogen and oxygen atoms in total. The van der Waals surface area contributed by atoms with E-state index in [0.717, 1.165) is 19.4 Å². The van der Waals surface area contributed by atoms with Crippen molar-refractivity contribution in [2.45, 2.75) is 18.9 Å². The van der Waals surface area contributed by atoms with Crippen molar-refractivity contribution in [1.29, 1.82) is 0 Å². The predicted octanol–water partition coefficient (Wildman–Crippen LogP) is -0.256. The largest absolute Gasteiger partial charge is 0.349 e. The number of amides is 1. The Morgan fingerprint density at radius 1 is 1.57 bits per heavy atom. The van der Waals surface area contributed by atoms with Crippen molar-refractivity contribution in [2.24, 2.45) is 11.7 Å². The number of hydrogen-bond acceptors (Lipinski definition) is 3. The van der Waals surface area contributed by atoms with Crippen LogP contribution >= 0.6 is 0 Å². The van der Waals surface area contributed by atoms with Crippen LogP contribution in [0.1, 0.15) is 12.8 Å². The van der Waals surface area contributed by atoms with Gasteiger partial charge in [-0.2, -0.15) is 0 Å². The molecular weight excluding hydrogens is 178 g/mol. The van der Waals surface area contributed by atoms with Gasteiger partial charge in [0.05, 0.1) is 0 Å². The molecule has 1 heterocycles. The number of hydrogen-bond donors (Lipinski definition) is 1. The van der Waals surface area contributed by atoms with Crippen LogP contribution in [-0.2, 0) is 4.79 Å². The van der Waals surface area contributed by atoms with Crippen molar-refractivity contribution in [1.82, 2.24) is 9.80 Å². The van der Waals surface area contributed by atoms with Crippen molar-refractivity contribution in [2.75, 3.05) is 34.2 Å². The van der Waals surface area contributed by atoms with Crippen LogP contribution in [0.3, 0.4) is 0 Å². The summed E-state index contributed by atoms with van der Waals surface area (Å²) >= 11 is 0. The highest BCUT2D eigenvalue weighted by atomic mass is 16.2. The second-order valence-electron chi connectivity index (χ2n) is 4.32. The Morgan fingerprint density at radius 2 is 2.21 bits per heavy atom. The summed E-state index contributed by atoms with van der Waals surface area (Å²) < 4.78 is 0. The van der Waals surface area contributed by atoms with Gasteiger partial charge < -0.3 is 15.5 Å². The SMILES string of the molecule is CN(C)C(=O)C1CCN(C)C(CN)C1. The maximum atomic E-state index is 11.7. The molecule has 2 unspecified atom stereocenters. The Hall–Kier alpha value is -0.610. The van der Waals surface area contributed by atoms with E-state index < -0.39 is 0 Å². The van der Waals surface area contributed by atoms with E-state index in [1.165, 1.54) is 0 Å². The first-order valence-electron chi connectivity index (χ1n) is 5.17. The van der Waals surface area contributed by atoms with Crippen LogP contribution in [0.25, 0.3) is 0 Å². The second-order valence-corrected chi connectivity index (χ2v) is 4.32. The smallest absolute Gasteiger partial charge is 0.225 e. The van der Waals surface area contributed by atoms with Gasteiger partial charge in [0.2, 0.25) is 5.91 Å². The van der Waals surface area contributed by atoms with Gasteiger partial charge in [-0.15, -0.1) is 0 Å². The zero-order valence-electron chi connectivity index (χ0n) is 9.36. The maximum absolute atomic E-state index is 11.7. The number of carbonyl (C=O) groups excluding carboxylic acids is 1. The third-order valence-corrected chi connectivity index (χ3v) is 3.07. The number of likely N-dealkylation sites (N-methyl/N-ethyl adjacent to an activating group) is 1. The van der Waals surface area contributed by atoms with E-state index in [0.29, 0.717) is 12.6 Å². The van der Waals surface area contributed by atoms with Crippen molar-refractivity contribution < 1.29 is 4.79 Å². The Kier molecular flexibility index (Phi) is 3.89. The molecule has 14 heavy (non-hydrogen) atoms. The first kappa shape index (κ1) is 11.5. The van der Waals surface area contributed by atoms with Crippen molar-refractivity contribution in [3.63, 3.8) is 0 Å². The van der Waals surface area contributed by atoms with E-state index in [1.807, 2.05) is 14.1 Å². The van der Waals surface area contributed by atoms with Gasteiger partial charge in [-0.05, 0) is 26.4 Å². The standard InChI is InChI=1S/C10H21N3O/c1-12(2)10(14)8-4-5-13(3)9(6-8)7-11/h8-9H,4-7,11H2,1-3H3. The van der Waals surface area contributed by atoms with E-state index in [-0.39, 0.29) is 11.8 Å². The molecule has 0 bridgehead atoms. The fraction of sp³-hybridized carbons (Fsp3) is 0.900. The quantitative estimate of drug-likeness (QED) is 0.667. The van der Waals surface area contributed by atoms with Crippen LogP contribution in [0.2, 0.25) is 0 Å². The number of nitrogens with two attached hydrogens (primary N) is 1. The summed E-state index contributed by atoms with van der Waals surface area (Å²) in [5.74, 6) is 0.422. The van der Waals surface area contributed by atoms with E-state index in [4.69, 9.17) is 5.73 Å². The van der Waals surface area contributed by atoms with Gasteiger partial charge in [-0.1, -0.05) is 0 Å². The normalized spacial score (nSPS) is 28.9. The fourth-order valence-electron chi connectivity index (χ4n) is 2.03. The average Bonchev–Trinajstić information content (AvgIpc) is 2.17. The maximum Gasteiger partial charge on any atom is 0.225 e. The third-order valence-electron chi connectivity index (χ3n) is 3.07. The first-order valence-corrected chi connectivity index (χ1v) is 5.17. The zero-order chi connectivity index (χ0) is 10.7. The second kappa shape index (κ2) is 4.75. The molecule has 0 aromatic carbocycles. The molecule has 1 aliphatic rings. The molecule has 1 aliphatic heterocycles. The lowest BCUT2D eigenvalue weighted by atomic mass is 9.90. The molecule has 1 amide bonds. The summed E-state index contributed by atoms with van der Waals surface area (Å²) in [6, 6.07) is 0.373. The van der Waals surface area contributed by atoms with Crippen molar-refractivity contribution in [3.8, 4) is 0 Å². The Balaban J connectivity index is 2.54. The molecule has 2 N–H and O–H groups in total. The van der Waals surface area contributed by atoms with Crippen LogP contribution in [0, 0.1) is 5.92 Å². The summed E-state index contributed by atoms with van der Waals surface area (Å²) in [5, 5.41) is 0. The summed E-state index contributed by atoms with van der Waals surface area (Å²) in [4.78, 5) is 15.7. The van der Waals surface area contributed by atoms with Gasteiger partial charge in [0.15, 0.2) is 0 Å².